The SMILES string of the molecule is CC(=O)NC1C(O)OC(CO)C(OC2OC(COC3OC(CO)C(O)C(O)C3OC3OC(CO)C(OC4OC(COC5(C(=O)O)CC(O)C(C)C([C@H](O)[C@H](O)CO)O5)C(O)C(O)C4O)C(O)C3NC(C)=O)C(O)C(OC3OC(CO)C(O)C(O)C3OC3OC(CO)C(OC4OC(COC5(C(=O)O)CC(O)C(C)C([C@H](O)[C@H](O)CO)O5)C(O)C(O)C4O)C(O)C3NC(C)=O)C2O)C1O. The van der Waals surface area contributed by atoms with Gasteiger partial charge in [0.2, 0.25) is 17.7 Å². The predicted molar refractivity (Wildman–Crippen MR) is 405 cm³/mol. The smallest absolute Gasteiger partial charge is 0.364 e. The van der Waals surface area contributed by atoms with Crippen molar-refractivity contribution < 1.29 is 272 Å². The van der Waals surface area contributed by atoms with E-state index >= 15 is 0 Å². The van der Waals surface area contributed by atoms with Crippen molar-refractivity contribution in [2.75, 3.05) is 66.1 Å². The fourth-order valence-electron chi connectivity index (χ4n) is 17.1. The molecule has 58 nitrogen and oxygen atoms in total. The summed E-state index contributed by atoms with van der Waals surface area (Å²) < 4.78 is 112. The molecule has 10 aliphatic heterocycles. The van der Waals surface area contributed by atoms with Crippen LogP contribution in [-0.4, -0.2) is 560 Å². The number of aliphatic carboxylic acids is 2. The van der Waals surface area contributed by atoms with E-state index in [4.69, 9.17) is 90.0 Å². The van der Waals surface area contributed by atoms with Gasteiger partial charge >= 0.3 is 11.9 Å². The minimum Gasteiger partial charge on any atom is -0.477 e. The molecule has 0 radical (unpaired) electrons. The van der Waals surface area contributed by atoms with Crippen LogP contribution in [0.3, 0.4) is 0 Å². The van der Waals surface area contributed by atoms with Crippen molar-refractivity contribution in [3.63, 3.8) is 0 Å². The summed E-state index contributed by atoms with van der Waals surface area (Å²) in [5, 5.41) is 351. The highest BCUT2D eigenvalue weighted by molar-refractivity contribution is 5.77. The van der Waals surface area contributed by atoms with Gasteiger partial charge in [0.15, 0.2) is 50.3 Å². The standard InChI is InChI=1S/C74H123N3O55/c1-18-23(88)6-73(71(110)111,131-55(18)38(92)25(90)8-78)115-16-33-42(96)48(102)52(106)66(123-33)125-58-30(13-83)120-64(36(46(58)100)76-21(4)86)129-61-50(104)40(94)27(10-80)118-69(61)114-15-32-44(98)60(54(108)68(122-32)127-57-29(12-82)117-63(109)35(45(57)99)75-20(3)85)128-70-62(51(105)41(95)28(11-81)119-70)130-65-37(77-22(5)87)47(101)59(31(14-84)121-65)126-67-53(107)49(103)43(97)34(124-67)17-116-74(72(112)113)7-24(89)19(2)56(132-74)39(93)26(91)9-79/h18-19,23-70,78-84,88-109H,6-17H2,1-5H3,(H,75,85)(H,76,86)(H,77,87)(H,110,111)(H,112,113)/t18?,19?,23?,24?,25-,26-,27?,28?,29?,30?,31?,32?,33?,34?,35?,36?,37?,38-,39-,40?,41?,42?,43?,44?,45?,46?,47?,48?,49?,50?,51?,52?,53?,54?,55?,56?,57?,58?,59?,60?,61?,62?,63?,64?,65?,66?,67?,68?,69?,70?,73?,74?/m1/s1. The molecule has 0 aromatic heterocycles. The third-order valence-corrected chi connectivity index (χ3v) is 24.8. The second-order valence-electron chi connectivity index (χ2n) is 33.9. The number of carboxylic acids is 2. The molecule has 58 heteroatoms. The number of rotatable bonds is 37. The molecule has 0 aromatic rings. The molecule has 132 heavy (non-hydrogen) atoms. The van der Waals surface area contributed by atoms with E-state index in [1.165, 1.54) is 13.8 Å². The normalized spacial score (nSPS) is 47.8. The van der Waals surface area contributed by atoms with Gasteiger partial charge in [0.1, 0.15) is 220 Å². The van der Waals surface area contributed by atoms with Gasteiger partial charge in [-0.05, 0) is 0 Å². The molecule has 764 valence electrons. The van der Waals surface area contributed by atoms with Crippen LogP contribution >= 0.6 is 0 Å². The summed E-state index contributed by atoms with van der Waals surface area (Å²) in [5.74, 6) is -15.0. The Hall–Kier alpha value is -4.57. The first-order valence-corrected chi connectivity index (χ1v) is 42.1. The zero-order valence-electron chi connectivity index (χ0n) is 71.0. The Morgan fingerprint density at radius 2 is 0.629 bits per heavy atom. The molecule has 10 aliphatic rings. The Bertz CT molecular complexity index is 3660. The molecular formula is C74H123N3O55. The van der Waals surface area contributed by atoms with Crippen molar-refractivity contribution in [2.45, 2.75) is 353 Å². The molecule has 10 fully saturated rings. The number of amides is 3. The quantitative estimate of drug-likeness (QED) is 0.0275. The molecule has 48 unspecified atom stereocenters. The minimum atomic E-state index is -2.94. The molecule has 34 N–H and O–H groups in total. The summed E-state index contributed by atoms with van der Waals surface area (Å²) in [6.07, 6.45) is -99.2. The topological polar surface area (TPSA) is 924 Å². The average Bonchev–Trinajstić information content (AvgIpc) is 0.762. The first-order chi connectivity index (χ1) is 62.1. The van der Waals surface area contributed by atoms with Crippen LogP contribution < -0.4 is 16.0 Å². The van der Waals surface area contributed by atoms with Gasteiger partial charge in [-0.2, -0.15) is 0 Å². The molecule has 0 saturated carbocycles. The van der Waals surface area contributed by atoms with E-state index in [-0.39, 0.29) is 0 Å². The van der Waals surface area contributed by atoms with Crippen molar-refractivity contribution in [1.29, 1.82) is 0 Å². The highest BCUT2D eigenvalue weighted by Crippen LogP contribution is 2.44. The molecule has 0 bridgehead atoms. The minimum absolute atomic E-state index is 0.875. The van der Waals surface area contributed by atoms with Crippen LogP contribution in [0.25, 0.3) is 0 Å². The molecule has 10 saturated heterocycles. The molecule has 0 spiro atoms. The summed E-state index contributed by atoms with van der Waals surface area (Å²) in [6, 6.07) is -5.95. The number of hydrogen-bond acceptors (Lipinski definition) is 53. The van der Waals surface area contributed by atoms with E-state index in [1.807, 2.05) is 0 Å². The van der Waals surface area contributed by atoms with Gasteiger partial charge in [-0.25, -0.2) is 9.59 Å². The van der Waals surface area contributed by atoms with E-state index in [0.29, 0.717) is 0 Å². The van der Waals surface area contributed by atoms with Crippen molar-refractivity contribution >= 4 is 29.7 Å². The second kappa shape index (κ2) is 46.7. The molecule has 0 aliphatic carbocycles. The molecule has 52 atom stereocenters. The van der Waals surface area contributed by atoms with Crippen LogP contribution in [0.5, 0.6) is 0 Å². The lowest BCUT2D eigenvalue weighted by Gasteiger charge is -2.51. The number of aliphatic hydroxyl groups excluding tert-OH is 29. The van der Waals surface area contributed by atoms with E-state index < -0.39 is 426 Å². The Kier molecular flexibility index (Phi) is 38.7. The van der Waals surface area contributed by atoms with Gasteiger partial charge in [-0.3, -0.25) is 14.4 Å². The number of ether oxygens (including phenoxy) is 19. The third-order valence-electron chi connectivity index (χ3n) is 24.8. The predicted octanol–water partition coefficient (Wildman–Crippen LogP) is -21.4. The number of carbonyl (C=O) groups excluding carboxylic acids is 3. The molecule has 10 rings (SSSR count). The maximum Gasteiger partial charge on any atom is 0.364 e. The lowest BCUT2D eigenvalue weighted by atomic mass is 9.84. The second-order valence-corrected chi connectivity index (χ2v) is 33.9. The number of aliphatic hydroxyl groups is 29. The monoisotopic (exact) mass is 1930 g/mol. The first kappa shape index (κ1) is 109. The number of nitrogens with one attached hydrogen (secondary N) is 3. The van der Waals surface area contributed by atoms with Gasteiger partial charge in [0.05, 0.1) is 90.5 Å². The molecule has 0 aromatic carbocycles. The Morgan fingerprint density at radius 3 is 0.992 bits per heavy atom. The maximum absolute atomic E-state index is 13.2. The van der Waals surface area contributed by atoms with E-state index in [9.17, 15) is 182 Å². The van der Waals surface area contributed by atoms with Crippen LogP contribution in [0.1, 0.15) is 47.5 Å². The van der Waals surface area contributed by atoms with Gasteiger partial charge in [0, 0.05) is 45.4 Å². The summed E-state index contributed by atoms with van der Waals surface area (Å²) >= 11 is 0. The Balaban J connectivity index is 0.908. The Morgan fingerprint density at radius 1 is 0.326 bits per heavy atom. The number of carbonyl (C=O) groups is 5. The maximum atomic E-state index is 13.2. The number of hydrogen-bond donors (Lipinski definition) is 34. The fourth-order valence-corrected chi connectivity index (χ4v) is 17.1. The Labute approximate surface area is 747 Å². The van der Waals surface area contributed by atoms with Crippen LogP contribution in [0.15, 0.2) is 0 Å². The summed E-state index contributed by atoms with van der Waals surface area (Å²) in [4.78, 5) is 64.4. The van der Waals surface area contributed by atoms with E-state index in [1.54, 1.807) is 0 Å². The lowest BCUT2D eigenvalue weighted by molar-refractivity contribution is -0.398. The van der Waals surface area contributed by atoms with Crippen LogP contribution in [-0.2, 0) is 114 Å². The van der Waals surface area contributed by atoms with Crippen molar-refractivity contribution in [2.24, 2.45) is 11.8 Å². The molecular weight excluding hydrogens is 1810 g/mol. The fraction of sp³-hybridized carbons (Fsp3) is 0.932. The summed E-state index contributed by atoms with van der Waals surface area (Å²) in [5.41, 5.74) is 0. The van der Waals surface area contributed by atoms with Crippen LogP contribution in [0, 0.1) is 11.8 Å². The van der Waals surface area contributed by atoms with Gasteiger partial charge in [0.25, 0.3) is 11.6 Å². The average molecular weight is 1930 g/mol. The van der Waals surface area contributed by atoms with Crippen LogP contribution in [0.2, 0.25) is 0 Å². The summed E-state index contributed by atoms with van der Waals surface area (Å²) in [6.45, 7) is -6.36. The van der Waals surface area contributed by atoms with Crippen molar-refractivity contribution in [1.82, 2.24) is 16.0 Å². The van der Waals surface area contributed by atoms with Gasteiger partial charge in [-0.15, -0.1) is 0 Å². The van der Waals surface area contributed by atoms with Crippen LogP contribution in [0.4, 0.5) is 0 Å². The zero-order valence-corrected chi connectivity index (χ0v) is 71.0. The third kappa shape index (κ3) is 23.7. The van der Waals surface area contributed by atoms with Gasteiger partial charge < -0.3 is 264 Å². The van der Waals surface area contributed by atoms with E-state index in [2.05, 4.69) is 16.0 Å². The van der Waals surface area contributed by atoms with Gasteiger partial charge in [-0.1, -0.05) is 13.8 Å². The zero-order chi connectivity index (χ0) is 97.8. The van der Waals surface area contributed by atoms with E-state index in [0.717, 1.165) is 20.8 Å². The van der Waals surface area contributed by atoms with Crippen molar-refractivity contribution in [3.8, 4) is 0 Å². The highest BCUT2D eigenvalue weighted by Gasteiger charge is 2.63. The largest absolute Gasteiger partial charge is 0.477 e. The molecule has 3 amide bonds. The lowest BCUT2D eigenvalue weighted by Crippen LogP contribution is -2.70. The molecule has 10 heterocycles. The summed E-state index contributed by atoms with van der Waals surface area (Å²) in [7, 11) is 0. The highest BCUT2D eigenvalue weighted by atomic mass is 16.8. The van der Waals surface area contributed by atoms with Crippen molar-refractivity contribution in [3.05, 3.63) is 0 Å². The first-order valence-electron chi connectivity index (χ1n) is 42.1. The number of carboxylic acid groups (broad SMARTS) is 2.